The molecule has 0 radical (unpaired) electrons. The van der Waals surface area contributed by atoms with Gasteiger partial charge < -0.3 is 19.3 Å². The van der Waals surface area contributed by atoms with Crippen LogP contribution in [0.3, 0.4) is 0 Å². The number of piperazine rings is 1. The second-order valence-corrected chi connectivity index (χ2v) is 8.88. The summed E-state index contributed by atoms with van der Waals surface area (Å²) in [4.78, 5) is 31.2. The molecule has 0 aromatic heterocycles. The average Bonchev–Trinajstić information content (AvgIpc) is 2.59. The predicted octanol–water partition coefficient (Wildman–Crippen LogP) is 4.64. The predicted molar refractivity (Wildman–Crippen MR) is 110 cm³/mol. The molecule has 2 rings (SSSR count). The van der Waals surface area contributed by atoms with Crippen LogP contribution in [0.15, 0.2) is 23.3 Å². The Morgan fingerprint density at radius 1 is 0.966 bits per heavy atom. The van der Waals surface area contributed by atoms with Crippen LogP contribution in [0, 0.1) is 0 Å². The summed E-state index contributed by atoms with van der Waals surface area (Å²) >= 11 is 0. The molecule has 0 bridgehead atoms. The van der Waals surface area contributed by atoms with E-state index in [2.05, 4.69) is 10.0 Å². The number of anilines is 1. The van der Waals surface area contributed by atoms with Crippen LogP contribution in [0.1, 0.15) is 51.9 Å². The molecule has 1 amide bonds. The average molecular weight is 403 g/mol. The topological polar surface area (TPSA) is 108 Å². The van der Waals surface area contributed by atoms with Crippen LogP contribution in [0.5, 0.6) is 0 Å². The molecule has 1 heterocycles. The minimum absolute atomic E-state index is 0.314. The molecule has 0 N–H and O–H groups in total. The summed E-state index contributed by atoms with van der Waals surface area (Å²) in [6.07, 6.45) is -0.338. The Balaban J connectivity index is 2.17. The van der Waals surface area contributed by atoms with Crippen LogP contribution in [-0.4, -0.2) is 54.3 Å². The molecule has 29 heavy (non-hydrogen) atoms. The van der Waals surface area contributed by atoms with Gasteiger partial charge >= 0.3 is 12.1 Å². The van der Waals surface area contributed by atoms with Crippen LogP contribution < -0.4 is 4.90 Å². The molecule has 0 atom stereocenters. The molecule has 1 aromatic rings. The van der Waals surface area contributed by atoms with E-state index in [-0.39, 0.29) is 6.09 Å². The summed E-state index contributed by atoms with van der Waals surface area (Å²) in [5, 5.41) is 3.65. The van der Waals surface area contributed by atoms with Crippen molar-refractivity contribution in [1.82, 2.24) is 4.90 Å². The van der Waals surface area contributed by atoms with E-state index in [9.17, 15) is 9.59 Å². The van der Waals surface area contributed by atoms with Gasteiger partial charge in [-0.3, -0.25) is 0 Å². The fraction of sp³-hybridized carbons (Fsp3) is 0.600. The third kappa shape index (κ3) is 6.87. The summed E-state index contributed by atoms with van der Waals surface area (Å²) in [5.41, 5.74) is 9.00. The van der Waals surface area contributed by atoms with E-state index in [1.54, 1.807) is 37.8 Å². The van der Waals surface area contributed by atoms with Gasteiger partial charge in [-0.15, -0.1) is 0 Å². The third-order valence-corrected chi connectivity index (χ3v) is 3.99. The van der Waals surface area contributed by atoms with Gasteiger partial charge in [-0.05, 0) is 65.3 Å². The molecule has 1 aromatic carbocycles. The minimum Gasteiger partial charge on any atom is -0.456 e. The number of carbonyl (C=O) groups is 2. The number of rotatable bonds is 3. The molecule has 0 spiro atoms. The van der Waals surface area contributed by atoms with E-state index in [4.69, 9.17) is 15.0 Å². The lowest BCUT2D eigenvalue weighted by molar-refractivity contribution is 0.00690. The SMILES string of the molecule is CC(C)(C)OC(=O)c1cc(N=[N+]=[N-])cc(N2CCN(C(=O)OC(C)(C)C)CC2)c1. The molecular formula is C20H29N5O4. The maximum absolute atomic E-state index is 12.5. The molecule has 0 unspecified atom stereocenters. The second kappa shape index (κ2) is 8.61. The van der Waals surface area contributed by atoms with Crippen molar-refractivity contribution in [3.05, 3.63) is 34.2 Å². The number of ether oxygens (including phenoxy) is 2. The lowest BCUT2D eigenvalue weighted by Gasteiger charge is -2.37. The van der Waals surface area contributed by atoms with Gasteiger partial charge in [0.2, 0.25) is 0 Å². The number of benzene rings is 1. The van der Waals surface area contributed by atoms with E-state index in [1.807, 2.05) is 25.7 Å². The highest BCUT2D eigenvalue weighted by molar-refractivity contribution is 5.92. The van der Waals surface area contributed by atoms with Crippen molar-refractivity contribution in [3.8, 4) is 0 Å². The largest absolute Gasteiger partial charge is 0.456 e. The van der Waals surface area contributed by atoms with Gasteiger partial charge in [0.1, 0.15) is 11.2 Å². The van der Waals surface area contributed by atoms with Crippen LogP contribution in [-0.2, 0) is 9.47 Å². The molecule has 9 heteroatoms. The van der Waals surface area contributed by atoms with Crippen LogP contribution in [0.2, 0.25) is 0 Å². The van der Waals surface area contributed by atoms with Crippen molar-refractivity contribution >= 4 is 23.4 Å². The molecule has 1 saturated heterocycles. The highest BCUT2D eigenvalue weighted by Crippen LogP contribution is 2.27. The van der Waals surface area contributed by atoms with Crippen LogP contribution in [0.4, 0.5) is 16.2 Å². The first-order valence-corrected chi connectivity index (χ1v) is 9.54. The van der Waals surface area contributed by atoms with Crippen molar-refractivity contribution in [2.75, 3.05) is 31.1 Å². The molecule has 1 aliphatic rings. The molecular weight excluding hydrogens is 374 g/mol. The molecule has 1 aliphatic heterocycles. The van der Waals surface area contributed by atoms with Gasteiger partial charge in [0.05, 0.1) is 5.56 Å². The summed E-state index contributed by atoms with van der Waals surface area (Å²) in [5.74, 6) is -0.485. The number of hydrogen-bond acceptors (Lipinski definition) is 6. The lowest BCUT2D eigenvalue weighted by atomic mass is 10.1. The molecule has 9 nitrogen and oxygen atoms in total. The number of nitrogens with zero attached hydrogens (tertiary/aromatic N) is 5. The Hall–Kier alpha value is -2.93. The van der Waals surface area contributed by atoms with Gasteiger partial charge in [0.15, 0.2) is 0 Å². The molecule has 1 fully saturated rings. The summed E-state index contributed by atoms with van der Waals surface area (Å²) < 4.78 is 10.9. The highest BCUT2D eigenvalue weighted by atomic mass is 16.6. The van der Waals surface area contributed by atoms with Gasteiger partial charge in [-0.25, -0.2) is 9.59 Å². The van der Waals surface area contributed by atoms with Gasteiger partial charge in [0, 0.05) is 42.5 Å². The standard InChI is InChI=1S/C20H29N5O4/c1-19(2,3)28-17(26)14-11-15(22-23-21)13-16(12-14)24-7-9-25(10-8-24)18(27)29-20(4,5)6/h11-13H,7-10H2,1-6H3. The van der Waals surface area contributed by atoms with Crippen molar-refractivity contribution in [1.29, 1.82) is 0 Å². The molecule has 158 valence electrons. The van der Waals surface area contributed by atoms with Gasteiger partial charge in [0.25, 0.3) is 0 Å². The number of azide groups is 1. The monoisotopic (exact) mass is 403 g/mol. The number of esters is 1. The number of carbonyl (C=O) groups excluding carboxylic acids is 2. The lowest BCUT2D eigenvalue weighted by Crippen LogP contribution is -2.50. The van der Waals surface area contributed by atoms with E-state index < -0.39 is 17.2 Å². The zero-order valence-corrected chi connectivity index (χ0v) is 17.9. The van der Waals surface area contributed by atoms with Crippen molar-refractivity contribution < 1.29 is 19.1 Å². The number of hydrogen-bond donors (Lipinski definition) is 0. The molecule has 0 saturated carbocycles. The smallest absolute Gasteiger partial charge is 0.410 e. The Labute approximate surface area is 171 Å². The Morgan fingerprint density at radius 2 is 1.55 bits per heavy atom. The van der Waals surface area contributed by atoms with Crippen LogP contribution >= 0.6 is 0 Å². The van der Waals surface area contributed by atoms with Gasteiger partial charge in [-0.2, -0.15) is 0 Å². The maximum atomic E-state index is 12.5. The van der Waals surface area contributed by atoms with E-state index in [1.165, 1.54) is 6.07 Å². The Kier molecular flexibility index (Phi) is 6.64. The van der Waals surface area contributed by atoms with Crippen molar-refractivity contribution in [2.45, 2.75) is 52.7 Å². The van der Waals surface area contributed by atoms with E-state index in [0.717, 1.165) is 5.69 Å². The fourth-order valence-corrected chi connectivity index (χ4v) is 2.82. The first kappa shape index (κ1) is 22.4. The summed E-state index contributed by atoms with van der Waals surface area (Å²) in [6.45, 7) is 13.0. The maximum Gasteiger partial charge on any atom is 0.410 e. The van der Waals surface area contributed by atoms with E-state index in [0.29, 0.717) is 37.4 Å². The minimum atomic E-state index is -0.634. The number of amides is 1. The second-order valence-electron chi connectivity index (χ2n) is 8.88. The summed E-state index contributed by atoms with van der Waals surface area (Å²) in [7, 11) is 0. The first-order valence-electron chi connectivity index (χ1n) is 9.54. The van der Waals surface area contributed by atoms with Crippen molar-refractivity contribution in [2.24, 2.45) is 5.11 Å². The zero-order valence-electron chi connectivity index (χ0n) is 17.9. The van der Waals surface area contributed by atoms with Crippen molar-refractivity contribution in [3.63, 3.8) is 0 Å². The Morgan fingerprint density at radius 3 is 2.07 bits per heavy atom. The first-order chi connectivity index (χ1) is 13.4. The summed E-state index contributed by atoms with van der Waals surface area (Å²) in [6, 6.07) is 4.94. The third-order valence-electron chi connectivity index (χ3n) is 3.99. The highest BCUT2D eigenvalue weighted by Gasteiger charge is 2.27. The molecule has 0 aliphatic carbocycles. The van der Waals surface area contributed by atoms with E-state index >= 15 is 0 Å². The fourth-order valence-electron chi connectivity index (χ4n) is 2.82. The quantitative estimate of drug-likeness (QED) is 0.316. The van der Waals surface area contributed by atoms with Crippen LogP contribution in [0.25, 0.3) is 10.4 Å². The Bertz CT molecular complexity index is 811. The van der Waals surface area contributed by atoms with Gasteiger partial charge in [-0.1, -0.05) is 5.11 Å². The zero-order chi connectivity index (χ0) is 21.8. The normalized spacial score (nSPS) is 14.8.